The molecule has 1 aliphatic rings. The van der Waals surface area contributed by atoms with E-state index in [0.717, 1.165) is 36.8 Å². The number of rotatable bonds is 2. The second kappa shape index (κ2) is 4.37. The molecular formula is C14H17N3O. The molecule has 0 saturated heterocycles. The van der Waals surface area contributed by atoms with Crippen molar-refractivity contribution in [3.63, 3.8) is 0 Å². The molecule has 2 aromatic rings. The van der Waals surface area contributed by atoms with Gasteiger partial charge < -0.3 is 10.1 Å². The summed E-state index contributed by atoms with van der Waals surface area (Å²) in [4.78, 5) is 0. The van der Waals surface area contributed by atoms with Crippen LogP contribution in [0.2, 0.25) is 0 Å². The first-order chi connectivity index (χ1) is 8.79. The zero-order chi connectivity index (χ0) is 12.5. The van der Waals surface area contributed by atoms with E-state index in [0.29, 0.717) is 0 Å². The van der Waals surface area contributed by atoms with Crippen LogP contribution in [0.4, 0.5) is 5.82 Å². The van der Waals surface area contributed by atoms with Gasteiger partial charge in [0.15, 0.2) is 0 Å². The van der Waals surface area contributed by atoms with Gasteiger partial charge in [0.1, 0.15) is 11.6 Å². The van der Waals surface area contributed by atoms with Crippen molar-refractivity contribution in [2.75, 3.05) is 19.0 Å². The molecule has 1 aromatic heterocycles. The number of fused-ring (bicyclic) bond motifs is 1. The molecule has 0 aliphatic carbocycles. The molecule has 0 saturated carbocycles. The van der Waals surface area contributed by atoms with Crippen LogP contribution in [0.5, 0.6) is 5.75 Å². The van der Waals surface area contributed by atoms with E-state index in [1.54, 1.807) is 7.11 Å². The van der Waals surface area contributed by atoms with Gasteiger partial charge in [-0.1, -0.05) is 12.1 Å². The number of hydrogen-bond donors (Lipinski definition) is 1. The predicted molar refractivity (Wildman–Crippen MR) is 72.1 cm³/mol. The summed E-state index contributed by atoms with van der Waals surface area (Å²) in [5, 5.41) is 8.04. The van der Waals surface area contributed by atoms with Crippen LogP contribution in [0.1, 0.15) is 12.1 Å². The lowest BCUT2D eigenvalue weighted by Crippen LogP contribution is -2.17. The third-order valence-corrected chi connectivity index (χ3v) is 3.35. The van der Waals surface area contributed by atoms with E-state index in [9.17, 15) is 0 Å². The van der Waals surface area contributed by atoms with Crippen molar-refractivity contribution in [2.45, 2.75) is 19.9 Å². The van der Waals surface area contributed by atoms with E-state index in [4.69, 9.17) is 4.74 Å². The molecule has 0 radical (unpaired) electrons. The number of aromatic nitrogens is 2. The van der Waals surface area contributed by atoms with Crippen LogP contribution in [0.3, 0.4) is 0 Å². The number of nitrogens with one attached hydrogen (secondary N) is 1. The summed E-state index contributed by atoms with van der Waals surface area (Å²) in [6.45, 7) is 4.08. The zero-order valence-corrected chi connectivity index (χ0v) is 10.7. The Bertz CT molecular complexity index is 557. The Hall–Kier alpha value is -1.97. The highest BCUT2D eigenvalue weighted by Gasteiger charge is 2.18. The van der Waals surface area contributed by atoms with Gasteiger partial charge in [-0.3, -0.25) is 0 Å². The molecule has 18 heavy (non-hydrogen) atoms. The van der Waals surface area contributed by atoms with Gasteiger partial charge in [0.05, 0.1) is 12.8 Å². The molecule has 1 aliphatic heterocycles. The molecule has 4 nitrogen and oxygen atoms in total. The number of aryl methyl sites for hydroxylation is 2. The van der Waals surface area contributed by atoms with E-state index in [1.165, 1.54) is 11.1 Å². The molecule has 2 heterocycles. The number of nitrogens with zero attached hydrogens (tertiary/aromatic N) is 2. The average Bonchev–Trinajstić information content (AvgIpc) is 2.75. The Balaban J connectivity index is 2.07. The van der Waals surface area contributed by atoms with Gasteiger partial charge in [-0.05, 0) is 31.0 Å². The summed E-state index contributed by atoms with van der Waals surface area (Å²) < 4.78 is 7.26. The van der Waals surface area contributed by atoms with Crippen LogP contribution in [-0.4, -0.2) is 23.4 Å². The number of methoxy groups -OCH3 is 1. The van der Waals surface area contributed by atoms with E-state index >= 15 is 0 Å². The van der Waals surface area contributed by atoms with Gasteiger partial charge in [0.25, 0.3) is 0 Å². The zero-order valence-electron chi connectivity index (χ0n) is 10.7. The largest absolute Gasteiger partial charge is 0.497 e. The molecule has 0 bridgehead atoms. The first-order valence-electron chi connectivity index (χ1n) is 6.25. The monoisotopic (exact) mass is 243 g/mol. The van der Waals surface area contributed by atoms with Gasteiger partial charge >= 0.3 is 0 Å². The van der Waals surface area contributed by atoms with E-state index in [2.05, 4.69) is 34.2 Å². The van der Waals surface area contributed by atoms with Crippen molar-refractivity contribution in [3.05, 3.63) is 30.0 Å². The summed E-state index contributed by atoms with van der Waals surface area (Å²) in [7, 11) is 1.68. The fourth-order valence-electron chi connectivity index (χ4n) is 2.46. The average molecular weight is 243 g/mol. The van der Waals surface area contributed by atoms with E-state index in [1.807, 2.05) is 12.1 Å². The van der Waals surface area contributed by atoms with Crippen LogP contribution in [0.25, 0.3) is 11.1 Å². The van der Waals surface area contributed by atoms with Crippen molar-refractivity contribution in [3.8, 4) is 16.9 Å². The molecule has 1 aromatic carbocycles. The molecule has 0 atom stereocenters. The Labute approximate surface area is 107 Å². The van der Waals surface area contributed by atoms with E-state index in [-0.39, 0.29) is 0 Å². The Morgan fingerprint density at radius 3 is 2.78 bits per heavy atom. The second-order valence-corrected chi connectivity index (χ2v) is 4.54. The lowest BCUT2D eigenvalue weighted by Gasteiger charge is -2.17. The second-order valence-electron chi connectivity index (χ2n) is 4.54. The molecule has 1 N–H and O–H groups in total. The van der Waals surface area contributed by atoms with E-state index < -0.39 is 0 Å². The third-order valence-electron chi connectivity index (χ3n) is 3.35. The van der Waals surface area contributed by atoms with Crippen molar-refractivity contribution in [1.82, 2.24) is 9.78 Å². The number of hydrogen-bond acceptors (Lipinski definition) is 3. The number of ether oxygens (including phenoxy) is 1. The van der Waals surface area contributed by atoms with Gasteiger partial charge in [-0.2, -0.15) is 5.10 Å². The fraction of sp³-hybridized carbons (Fsp3) is 0.357. The smallest absolute Gasteiger partial charge is 0.132 e. The Morgan fingerprint density at radius 2 is 2.06 bits per heavy atom. The minimum Gasteiger partial charge on any atom is -0.497 e. The maximum atomic E-state index is 5.19. The number of benzene rings is 1. The van der Waals surface area contributed by atoms with Gasteiger partial charge in [-0.25, -0.2) is 4.68 Å². The summed E-state index contributed by atoms with van der Waals surface area (Å²) >= 11 is 0. The normalized spacial score (nSPS) is 13.9. The number of anilines is 1. The highest BCUT2D eigenvalue weighted by atomic mass is 16.5. The van der Waals surface area contributed by atoms with Gasteiger partial charge in [0.2, 0.25) is 0 Å². The van der Waals surface area contributed by atoms with Crippen molar-refractivity contribution in [2.24, 2.45) is 0 Å². The minimum absolute atomic E-state index is 0.880. The summed E-state index contributed by atoms with van der Waals surface area (Å²) in [6.07, 6.45) is 1.14. The van der Waals surface area contributed by atoms with Crippen molar-refractivity contribution >= 4 is 5.82 Å². The lowest BCUT2D eigenvalue weighted by atomic mass is 10.1. The first kappa shape index (κ1) is 11.1. The lowest BCUT2D eigenvalue weighted by molar-refractivity contribution is 0.415. The van der Waals surface area contributed by atoms with Gasteiger partial charge in [-0.15, -0.1) is 0 Å². The summed E-state index contributed by atoms with van der Waals surface area (Å²) in [5.41, 5.74) is 3.46. The molecule has 3 rings (SSSR count). The fourth-order valence-corrected chi connectivity index (χ4v) is 2.46. The van der Waals surface area contributed by atoms with Crippen molar-refractivity contribution in [1.29, 1.82) is 0 Å². The third kappa shape index (κ3) is 1.74. The molecule has 0 fully saturated rings. The highest BCUT2D eigenvalue weighted by Crippen LogP contribution is 2.33. The maximum Gasteiger partial charge on any atom is 0.132 e. The minimum atomic E-state index is 0.880. The summed E-state index contributed by atoms with van der Waals surface area (Å²) in [5.74, 6) is 2.02. The topological polar surface area (TPSA) is 39.1 Å². The van der Waals surface area contributed by atoms with Crippen LogP contribution >= 0.6 is 0 Å². The molecule has 0 spiro atoms. The Kier molecular flexibility index (Phi) is 2.70. The van der Waals surface area contributed by atoms with Crippen LogP contribution in [-0.2, 0) is 6.54 Å². The summed E-state index contributed by atoms with van der Waals surface area (Å²) in [6, 6.07) is 8.14. The predicted octanol–water partition coefficient (Wildman–Crippen LogP) is 2.68. The maximum absolute atomic E-state index is 5.19. The molecule has 94 valence electrons. The SMILES string of the molecule is COc1ccc(-c2c(C)nn3c2NCCC3)cc1. The standard InChI is InChI=1S/C14H17N3O/c1-10-13(11-4-6-12(18-2)7-5-11)14-15-8-3-9-17(14)16-10/h4-7,15H,3,8-9H2,1-2H3. The van der Waals surface area contributed by atoms with Crippen LogP contribution < -0.4 is 10.1 Å². The van der Waals surface area contributed by atoms with Crippen LogP contribution in [0, 0.1) is 6.92 Å². The highest BCUT2D eigenvalue weighted by molar-refractivity contribution is 5.78. The van der Waals surface area contributed by atoms with Gasteiger partial charge in [0, 0.05) is 18.7 Å². The van der Waals surface area contributed by atoms with Crippen LogP contribution in [0.15, 0.2) is 24.3 Å². The quantitative estimate of drug-likeness (QED) is 0.881. The van der Waals surface area contributed by atoms with Crippen molar-refractivity contribution < 1.29 is 4.74 Å². The molecule has 4 heteroatoms. The molecule has 0 amide bonds. The Morgan fingerprint density at radius 1 is 1.28 bits per heavy atom. The first-order valence-corrected chi connectivity index (χ1v) is 6.25. The molecule has 0 unspecified atom stereocenters. The molecular weight excluding hydrogens is 226 g/mol.